The third kappa shape index (κ3) is 5.34. The van der Waals surface area contributed by atoms with Crippen molar-refractivity contribution in [2.75, 3.05) is 13.2 Å². The van der Waals surface area contributed by atoms with Gasteiger partial charge in [-0.1, -0.05) is 0 Å². The molecule has 6 atom stereocenters. The molecule has 3 aliphatic heterocycles. The van der Waals surface area contributed by atoms with E-state index in [4.69, 9.17) is 46.4 Å². The van der Waals surface area contributed by atoms with Crippen LogP contribution in [0.4, 0.5) is 14.6 Å². The van der Waals surface area contributed by atoms with E-state index in [2.05, 4.69) is 19.9 Å². The molecule has 1 saturated heterocycles. The summed E-state index contributed by atoms with van der Waals surface area (Å²) in [5.74, 6) is -1.29. The molecule has 1 fully saturated rings. The van der Waals surface area contributed by atoms with Crippen molar-refractivity contribution in [3.05, 3.63) is 35.9 Å². The summed E-state index contributed by atoms with van der Waals surface area (Å²) in [6, 6.07) is 0. The van der Waals surface area contributed by atoms with E-state index in [-0.39, 0.29) is 43.4 Å². The van der Waals surface area contributed by atoms with Crippen molar-refractivity contribution in [1.29, 1.82) is 0 Å². The van der Waals surface area contributed by atoms with Gasteiger partial charge in [0.25, 0.3) is 0 Å². The van der Waals surface area contributed by atoms with Gasteiger partial charge in [-0.3, -0.25) is 9.32 Å². The smallest absolute Gasteiger partial charge is 0.325 e. The molecule has 0 radical (unpaired) electrons. The Morgan fingerprint density at radius 3 is 2.83 bits per heavy atom. The van der Waals surface area contributed by atoms with Crippen LogP contribution in [-0.4, -0.2) is 77.5 Å². The van der Waals surface area contributed by atoms with Gasteiger partial charge < -0.3 is 37.2 Å². The van der Waals surface area contributed by atoms with Gasteiger partial charge in [-0.05, 0) is 23.6 Å². The van der Waals surface area contributed by atoms with Crippen molar-refractivity contribution in [1.82, 2.24) is 24.1 Å². The molecular weight excluding hydrogens is 616 g/mol. The van der Waals surface area contributed by atoms with Gasteiger partial charge in [-0.25, -0.2) is 28.7 Å². The van der Waals surface area contributed by atoms with E-state index >= 15 is 4.39 Å². The Bertz CT molecular complexity index is 1620. The highest BCUT2D eigenvalue weighted by molar-refractivity contribution is 8.07. The first-order valence-electron chi connectivity index (χ1n) is 11.7. The van der Waals surface area contributed by atoms with Crippen LogP contribution in [0.25, 0.3) is 11.2 Å². The Morgan fingerprint density at radius 1 is 1.18 bits per heavy atom. The number of halogens is 2. The fourth-order valence-corrected chi connectivity index (χ4v) is 7.05. The molecule has 0 saturated carbocycles. The highest BCUT2D eigenvalue weighted by Crippen LogP contribution is 2.52. The number of hydrogen-bond donors (Lipinski definition) is 2. The number of carbonyl (C=O) groups is 1. The molecule has 3 aromatic heterocycles. The van der Waals surface area contributed by atoms with Crippen LogP contribution in [0, 0.1) is 5.82 Å². The number of ether oxygens (including phenoxy) is 1. The highest BCUT2D eigenvalue weighted by atomic mass is 32.5. The van der Waals surface area contributed by atoms with Crippen LogP contribution in [0.1, 0.15) is 28.8 Å². The number of imidazole rings is 1. The maximum Gasteiger partial charge on any atom is 0.325 e. The van der Waals surface area contributed by atoms with E-state index in [0.717, 1.165) is 10.8 Å². The molecule has 3 aromatic rings. The van der Waals surface area contributed by atoms with Gasteiger partial charge in [0.05, 0.1) is 25.0 Å². The number of hydrogen-bond acceptors (Lipinski definition) is 12. The number of aromatic nitrogens is 5. The topological polar surface area (TPSA) is 165 Å². The lowest BCUT2D eigenvalue weighted by Gasteiger charge is -2.26. The number of alkyl halides is 1. The van der Waals surface area contributed by atoms with Gasteiger partial charge in [-0.2, -0.15) is 0 Å². The number of nitrogens with zero attached hydrogens (tertiary/aromatic N) is 6. The molecule has 14 nitrogen and oxygen atoms in total. The van der Waals surface area contributed by atoms with Crippen LogP contribution >= 0.6 is 13.4 Å². The van der Waals surface area contributed by atoms with Gasteiger partial charge >= 0.3 is 13.4 Å². The van der Waals surface area contributed by atoms with E-state index in [1.165, 1.54) is 18.7 Å². The van der Waals surface area contributed by atoms with E-state index < -0.39 is 56.3 Å². The van der Waals surface area contributed by atoms with Crippen LogP contribution in [0.3, 0.4) is 0 Å². The lowest BCUT2D eigenvalue weighted by molar-refractivity contribution is -0.0473. The standard InChI is InChI=1S/C20H20F2N6O8P2S2/c21-10-6-28(19-15(10)12(29)1-2-24-19)20-17-16(22)13(35-20)7-33-37(30,39)32-4-3-27-14(8-34-38(31,40)36-17)26-11-5-23-9-25-18(11)27/h2,5-6,9,13,16-17,20H,1,3-4,7-8H2,(H,30,39)(H,31,40)/t13-,16-,17-,20-,37?,38?/m1/s1. The lowest BCUT2D eigenvalue weighted by Crippen LogP contribution is -2.32. The number of ketones is 1. The van der Waals surface area contributed by atoms with Crippen molar-refractivity contribution >= 4 is 66.0 Å². The molecule has 2 N–H and O–H groups in total. The Morgan fingerprint density at radius 2 is 2.00 bits per heavy atom. The monoisotopic (exact) mass is 636 g/mol. The normalized spacial score (nSPS) is 33.4. The number of fused-ring (bicyclic) bond motifs is 6. The molecule has 3 aliphatic rings. The fourth-order valence-electron chi connectivity index (χ4n) is 4.59. The molecule has 2 bridgehead atoms. The minimum Gasteiger partial charge on any atom is -0.346 e. The van der Waals surface area contributed by atoms with E-state index in [9.17, 15) is 19.0 Å². The van der Waals surface area contributed by atoms with E-state index in [1.54, 1.807) is 4.57 Å². The van der Waals surface area contributed by atoms with Crippen molar-refractivity contribution in [3.8, 4) is 0 Å². The third-order valence-electron chi connectivity index (χ3n) is 6.34. The van der Waals surface area contributed by atoms with Crippen molar-refractivity contribution in [3.63, 3.8) is 0 Å². The quantitative estimate of drug-likeness (QED) is 0.375. The zero-order valence-corrected chi connectivity index (χ0v) is 23.6. The second kappa shape index (κ2) is 10.7. The summed E-state index contributed by atoms with van der Waals surface area (Å²) in [4.78, 5) is 50.4. The van der Waals surface area contributed by atoms with Crippen LogP contribution in [0.5, 0.6) is 0 Å². The second-order valence-corrected chi connectivity index (χ2v) is 14.5. The van der Waals surface area contributed by atoms with Crippen LogP contribution in [0.15, 0.2) is 23.7 Å². The number of Topliss-reactive ketones (excluding diaryl/α,β-unsaturated/α-hetero) is 1. The minimum atomic E-state index is -4.20. The molecular formula is C20H20F2N6O8P2S2. The van der Waals surface area contributed by atoms with Crippen molar-refractivity contribution in [2.45, 2.75) is 44.2 Å². The van der Waals surface area contributed by atoms with Crippen LogP contribution in [0.2, 0.25) is 0 Å². The van der Waals surface area contributed by atoms with Gasteiger partial charge in [-0.15, -0.1) is 0 Å². The average Bonchev–Trinajstić information content (AvgIpc) is 3.53. The first kappa shape index (κ1) is 28.2. The van der Waals surface area contributed by atoms with Crippen molar-refractivity contribution < 1.29 is 46.2 Å². The molecule has 6 heterocycles. The first-order chi connectivity index (χ1) is 19.0. The zero-order valence-electron chi connectivity index (χ0n) is 20.1. The predicted molar refractivity (Wildman–Crippen MR) is 140 cm³/mol. The molecule has 0 amide bonds. The Hall–Kier alpha value is -1.95. The fraction of sp³-hybridized carbons (Fsp3) is 0.450. The Kier molecular flexibility index (Phi) is 7.55. The van der Waals surface area contributed by atoms with Gasteiger partial charge in [0.1, 0.15) is 42.3 Å². The molecule has 0 aliphatic carbocycles. The maximum absolute atomic E-state index is 15.8. The Balaban J connectivity index is 1.37. The summed E-state index contributed by atoms with van der Waals surface area (Å²) in [5.41, 5.74) is 0.522. The predicted octanol–water partition coefficient (Wildman–Crippen LogP) is 2.37. The third-order valence-corrected chi connectivity index (χ3v) is 9.50. The molecule has 0 aromatic carbocycles. The molecule has 6 rings (SSSR count). The van der Waals surface area contributed by atoms with E-state index in [1.807, 2.05) is 0 Å². The first-order valence-corrected chi connectivity index (χ1v) is 16.9. The highest BCUT2D eigenvalue weighted by Gasteiger charge is 2.51. The molecule has 40 heavy (non-hydrogen) atoms. The average molecular weight is 636 g/mol. The van der Waals surface area contributed by atoms with Crippen LogP contribution in [-0.2, 0) is 59.6 Å². The summed E-state index contributed by atoms with van der Waals surface area (Å²) >= 11 is 10.3. The summed E-state index contributed by atoms with van der Waals surface area (Å²) in [6.45, 7) is -9.07. The number of rotatable bonds is 1. The zero-order chi connectivity index (χ0) is 28.2. The van der Waals surface area contributed by atoms with Crippen molar-refractivity contribution in [2.24, 2.45) is 4.99 Å². The molecule has 2 unspecified atom stereocenters. The van der Waals surface area contributed by atoms with Gasteiger partial charge in [0, 0.05) is 25.4 Å². The summed E-state index contributed by atoms with van der Waals surface area (Å²) in [7, 11) is 0. The lowest BCUT2D eigenvalue weighted by atomic mass is 10.1. The second-order valence-electron chi connectivity index (χ2n) is 8.85. The van der Waals surface area contributed by atoms with Gasteiger partial charge in [0.15, 0.2) is 29.6 Å². The molecule has 20 heteroatoms. The maximum atomic E-state index is 15.8. The van der Waals surface area contributed by atoms with Crippen LogP contribution < -0.4 is 0 Å². The summed E-state index contributed by atoms with van der Waals surface area (Å²) < 4.78 is 60.9. The van der Waals surface area contributed by atoms with E-state index in [0.29, 0.717) is 11.2 Å². The van der Waals surface area contributed by atoms with Gasteiger partial charge in [0.2, 0.25) is 0 Å². The molecule has 0 spiro atoms. The summed E-state index contributed by atoms with van der Waals surface area (Å²) in [5, 5.41) is 0. The summed E-state index contributed by atoms with van der Waals surface area (Å²) in [6.07, 6.45) is -1.71. The SMILES string of the molecule is O=C1CC=Nc2c1c(F)cn2[C@@H]1O[C@@H]2COP(O)(=S)OCCn3c(nc4cncnc43)COP(O)(=S)O[C@@H]1[C@@H]2F. The largest absolute Gasteiger partial charge is 0.346 e. The minimum absolute atomic E-state index is 0.101. The Labute approximate surface area is 234 Å². The molecule has 214 valence electrons. The number of aliphatic imine (C=N–C) groups is 1. The number of carbonyl (C=O) groups excluding carboxylic acids is 1.